The molecule has 140 valence electrons. The van der Waals surface area contributed by atoms with Gasteiger partial charge in [-0.25, -0.2) is 0 Å². The number of nitrogens with zero attached hydrogens (tertiary/aromatic N) is 3. The third kappa shape index (κ3) is 5.24. The molecular formula is C20H28N4O2. The zero-order valence-electron chi connectivity index (χ0n) is 15.9. The maximum absolute atomic E-state index is 12.6. The molecule has 0 saturated carbocycles. The summed E-state index contributed by atoms with van der Waals surface area (Å²) in [6, 6.07) is 10.1. The Morgan fingerprint density at radius 3 is 2.77 bits per heavy atom. The number of ether oxygens (including phenoxy) is 1. The molecule has 0 aliphatic carbocycles. The molecule has 1 amide bonds. The maximum atomic E-state index is 12.6. The predicted molar refractivity (Wildman–Crippen MR) is 102 cm³/mol. The van der Waals surface area contributed by atoms with E-state index >= 15 is 0 Å². The summed E-state index contributed by atoms with van der Waals surface area (Å²) >= 11 is 0. The van der Waals surface area contributed by atoms with Crippen LogP contribution in [0.2, 0.25) is 0 Å². The largest absolute Gasteiger partial charge is 0.496 e. The maximum Gasteiger partial charge on any atom is 0.265 e. The number of carbonyl (C=O) groups is 1. The molecule has 1 aliphatic heterocycles. The number of likely N-dealkylation sites (tertiary alicyclic amines) is 1. The van der Waals surface area contributed by atoms with E-state index in [1.807, 2.05) is 30.3 Å². The van der Waals surface area contributed by atoms with Crippen LogP contribution in [0.4, 0.5) is 0 Å². The molecule has 1 aromatic rings. The van der Waals surface area contributed by atoms with E-state index in [1.165, 1.54) is 6.20 Å². The molecule has 0 atom stereocenters. The highest BCUT2D eigenvalue weighted by Crippen LogP contribution is 2.18. The third-order valence-corrected chi connectivity index (χ3v) is 4.88. The number of rotatable bonds is 7. The van der Waals surface area contributed by atoms with Crippen molar-refractivity contribution in [3.05, 3.63) is 41.6 Å². The average Bonchev–Trinajstić information content (AvgIpc) is 2.68. The van der Waals surface area contributed by atoms with Crippen LogP contribution in [0.3, 0.4) is 0 Å². The van der Waals surface area contributed by atoms with E-state index in [1.54, 1.807) is 19.1 Å². The van der Waals surface area contributed by atoms with Crippen molar-refractivity contribution in [1.29, 1.82) is 5.26 Å². The van der Waals surface area contributed by atoms with Crippen LogP contribution in [-0.4, -0.2) is 62.6 Å². The standard InChI is InChI=1S/C20H28N4O2/c1-23-12-9-18(10-13-23)24(2)20(25)17(14-21)15-22-11-8-16-6-4-5-7-19(16)26-3/h4-7,15,18,22H,8-13H2,1-3H3/b17-15-. The normalized spacial score (nSPS) is 16.0. The summed E-state index contributed by atoms with van der Waals surface area (Å²) in [6.07, 6.45) is 4.17. The minimum absolute atomic E-state index is 0.145. The Morgan fingerprint density at radius 2 is 2.12 bits per heavy atom. The molecule has 26 heavy (non-hydrogen) atoms. The van der Waals surface area contributed by atoms with Crippen LogP contribution in [0, 0.1) is 11.3 Å². The van der Waals surface area contributed by atoms with E-state index in [0.29, 0.717) is 6.54 Å². The van der Waals surface area contributed by atoms with Gasteiger partial charge in [-0.2, -0.15) is 5.26 Å². The van der Waals surface area contributed by atoms with Crippen LogP contribution in [-0.2, 0) is 11.2 Å². The lowest BCUT2D eigenvalue weighted by atomic mass is 10.0. The van der Waals surface area contributed by atoms with Gasteiger partial charge in [-0.15, -0.1) is 0 Å². The second-order valence-electron chi connectivity index (χ2n) is 6.64. The van der Waals surface area contributed by atoms with Crippen molar-refractivity contribution in [2.45, 2.75) is 25.3 Å². The quantitative estimate of drug-likeness (QED) is 0.458. The molecule has 0 unspecified atom stereocenters. The summed E-state index contributed by atoms with van der Waals surface area (Å²) in [5.74, 6) is 0.628. The van der Waals surface area contributed by atoms with Gasteiger partial charge in [-0.1, -0.05) is 18.2 Å². The molecule has 1 heterocycles. The SMILES string of the molecule is COc1ccccc1CCN/C=C(/C#N)C(=O)N(C)C1CCN(C)CC1. The van der Waals surface area contributed by atoms with Crippen molar-refractivity contribution in [3.8, 4) is 11.8 Å². The van der Waals surface area contributed by atoms with Crippen LogP contribution < -0.4 is 10.1 Å². The second-order valence-corrected chi connectivity index (χ2v) is 6.64. The topological polar surface area (TPSA) is 68.6 Å². The van der Waals surface area contributed by atoms with Crippen LogP contribution in [0.1, 0.15) is 18.4 Å². The monoisotopic (exact) mass is 356 g/mol. The van der Waals surface area contributed by atoms with Crippen molar-refractivity contribution < 1.29 is 9.53 Å². The van der Waals surface area contributed by atoms with E-state index < -0.39 is 0 Å². The van der Waals surface area contributed by atoms with E-state index in [4.69, 9.17) is 4.74 Å². The van der Waals surface area contributed by atoms with Gasteiger partial charge in [-0.05, 0) is 51.0 Å². The fourth-order valence-electron chi connectivity index (χ4n) is 3.17. The molecule has 0 aromatic heterocycles. The van der Waals surface area contributed by atoms with Gasteiger partial charge in [0.05, 0.1) is 7.11 Å². The zero-order chi connectivity index (χ0) is 18.9. The van der Waals surface area contributed by atoms with Crippen LogP contribution in [0.5, 0.6) is 5.75 Å². The number of nitrogens with one attached hydrogen (secondary N) is 1. The van der Waals surface area contributed by atoms with Gasteiger partial charge in [0.15, 0.2) is 0 Å². The lowest BCUT2D eigenvalue weighted by molar-refractivity contribution is -0.128. The van der Waals surface area contributed by atoms with E-state index in [9.17, 15) is 10.1 Å². The number of likely N-dealkylation sites (N-methyl/N-ethyl adjacent to an activating group) is 1. The number of benzene rings is 1. The van der Waals surface area contributed by atoms with Crippen molar-refractivity contribution in [2.24, 2.45) is 0 Å². The van der Waals surface area contributed by atoms with Gasteiger partial charge >= 0.3 is 0 Å². The molecule has 6 nitrogen and oxygen atoms in total. The smallest absolute Gasteiger partial charge is 0.265 e. The van der Waals surface area contributed by atoms with Gasteiger partial charge in [0.1, 0.15) is 17.4 Å². The molecule has 1 fully saturated rings. The van der Waals surface area contributed by atoms with Crippen molar-refractivity contribution in [3.63, 3.8) is 0 Å². The average molecular weight is 356 g/mol. The Bertz CT molecular complexity index is 673. The minimum Gasteiger partial charge on any atom is -0.496 e. The van der Waals surface area contributed by atoms with Gasteiger partial charge in [-0.3, -0.25) is 4.79 Å². The number of hydrogen-bond donors (Lipinski definition) is 1. The Hall–Kier alpha value is -2.52. The molecule has 2 rings (SSSR count). The third-order valence-electron chi connectivity index (χ3n) is 4.88. The first kappa shape index (κ1) is 19.8. The lowest BCUT2D eigenvalue weighted by Crippen LogP contribution is -2.45. The molecule has 0 spiro atoms. The fourth-order valence-corrected chi connectivity index (χ4v) is 3.17. The molecule has 1 aliphatic rings. The van der Waals surface area contributed by atoms with E-state index in [0.717, 1.165) is 43.7 Å². The fraction of sp³-hybridized carbons (Fsp3) is 0.500. The number of hydrogen-bond acceptors (Lipinski definition) is 5. The molecule has 1 aromatic carbocycles. The predicted octanol–water partition coefficient (Wildman–Crippen LogP) is 1.79. The molecule has 1 saturated heterocycles. The number of piperidine rings is 1. The van der Waals surface area contributed by atoms with Crippen molar-refractivity contribution >= 4 is 5.91 Å². The second kappa shape index (κ2) is 9.83. The highest BCUT2D eigenvalue weighted by molar-refractivity contribution is 5.97. The number of nitriles is 1. The number of para-hydroxylation sites is 1. The summed E-state index contributed by atoms with van der Waals surface area (Å²) in [5, 5.41) is 12.4. The Balaban J connectivity index is 1.88. The Kier molecular flexibility index (Phi) is 7.49. The first-order valence-corrected chi connectivity index (χ1v) is 8.98. The molecular weight excluding hydrogens is 328 g/mol. The minimum atomic E-state index is -0.216. The van der Waals surface area contributed by atoms with E-state index in [-0.39, 0.29) is 17.5 Å². The van der Waals surface area contributed by atoms with Crippen LogP contribution >= 0.6 is 0 Å². The van der Waals surface area contributed by atoms with Crippen molar-refractivity contribution in [1.82, 2.24) is 15.1 Å². The summed E-state index contributed by atoms with van der Waals surface area (Å²) in [7, 11) is 5.53. The van der Waals surface area contributed by atoms with Crippen LogP contribution in [0.15, 0.2) is 36.0 Å². The molecule has 6 heteroatoms. The summed E-state index contributed by atoms with van der Waals surface area (Å²) in [6.45, 7) is 2.58. The van der Waals surface area contributed by atoms with Crippen molar-refractivity contribution in [2.75, 3.05) is 40.8 Å². The highest BCUT2D eigenvalue weighted by atomic mass is 16.5. The molecule has 0 radical (unpaired) electrons. The Morgan fingerprint density at radius 1 is 1.42 bits per heavy atom. The van der Waals surface area contributed by atoms with Gasteiger partial charge in [0.2, 0.25) is 0 Å². The van der Waals surface area contributed by atoms with Gasteiger partial charge < -0.3 is 19.9 Å². The molecule has 1 N–H and O–H groups in total. The number of amides is 1. The Labute approximate surface area is 156 Å². The summed E-state index contributed by atoms with van der Waals surface area (Å²) < 4.78 is 5.33. The van der Waals surface area contributed by atoms with Crippen LogP contribution in [0.25, 0.3) is 0 Å². The zero-order valence-corrected chi connectivity index (χ0v) is 15.9. The van der Waals surface area contributed by atoms with Gasteiger partial charge in [0.25, 0.3) is 5.91 Å². The number of methoxy groups -OCH3 is 1. The highest BCUT2D eigenvalue weighted by Gasteiger charge is 2.25. The number of carbonyl (C=O) groups excluding carboxylic acids is 1. The summed E-state index contributed by atoms with van der Waals surface area (Å²) in [4.78, 5) is 16.6. The lowest BCUT2D eigenvalue weighted by Gasteiger charge is -2.34. The first-order chi connectivity index (χ1) is 12.6. The van der Waals surface area contributed by atoms with Gasteiger partial charge in [0, 0.05) is 25.8 Å². The molecule has 0 bridgehead atoms. The first-order valence-electron chi connectivity index (χ1n) is 8.98. The summed E-state index contributed by atoms with van der Waals surface area (Å²) in [5.41, 5.74) is 1.23. The van der Waals surface area contributed by atoms with E-state index in [2.05, 4.69) is 17.3 Å².